The Bertz CT molecular complexity index is 328. The number of rotatable bonds is 3. The molecule has 0 spiro atoms. The Morgan fingerprint density at radius 3 is 2.77 bits per heavy atom. The number of non-ortho nitro benzene ring substituents is 1. The Morgan fingerprint density at radius 2 is 2.23 bits per heavy atom. The first-order chi connectivity index (χ1) is 6.13. The highest BCUT2D eigenvalue weighted by molar-refractivity contribution is 6.31. The topological polar surface area (TPSA) is 55.2 Å². The second-order valence-electron chi connectivity index (χ2n) is 2.49. The third-order valence-corrected chi connectivity index (χ3v) is 1.69. The van der Waals surface area contributed by atoms with Crippen LogP contribution in [0.25, 0.3) is 0 Å². The van der Waals surface area contributed by atoms with E-state index in [2.05, 4.69) is 5.32 Å². The smallest absolute Gasteiger partial charge is 0.272 e. The van der Waals surface area contributed by atoms with E-state index in [9.17, 15) is 10.1 Å². The van der Waals surface area contributed by atoms with Crippen LogP contribution in [-0.2, 0) is 0 Å². The largest absolute Gasteiger partial charge is 0.385 e. The summed E-state index contributed by atoms with van der Waals surface area (Å²) in [5.74, 6) is 0. The molecule has 0 saturated heterocycles. The molecule has 0 radical (unpaired) electrons. The molecule has 0 aliphatic carbocycles. The maximum absolute atomic E-state index is 10.4. The molecule has 0 aliphatic heterocycles. The number of halogens is 1. The van der Waals surface area contributed by atoms with Gasteiger partial charge in [0.05, 0.1) is 4.92 Å². The molecule has 0 fully saturated rings. The lowest BCUT2D eigenvalue weighted by Crippen LogP contribution is -1.97. The SMILES string of the molecule is CCNc1cc(Cl)cc([N+](=O)[O-])c1. The van der Waals surface area contributed by atoms with Crippen molar-refractivity contribution in [2.45, 2.75) is 6.92 Å². The van der Waals surface area contributed by atoms with Gasteiger partial charge in [-0.3, -0.25) is 10.1 Å². The average molecular weight is 201 g/mol. The van der Waals surface area contributed by atoms with Crippen LogP contribution < -0.4 is 5.32 Å². The normalized spacial score (nSPS) is 9.69. The van der Waals surface area contributed by atoms with Gasteiger partial charge in [0.25, 0.3) is 5.69 Å². The summed E-state index contributed by atoms with van der Waals surface area (Å²) in [6.45, 7) is 2.62. The van der Waals surface area contributed by atoms with Crippen molar-refractivity contribution in [3.63, 3.8) is 0 Å². The van der Waals surface area contributed by atoms with Gasteiger partial charge in [-0.25, -0.2) is 0 Å². The minimum absolute atomic E-state index is 0.00319. The Balaban J connectivity index is 3.03. The van der Waals surface area contributed by atoms with Crippen LogP contribution in [-0.4, -0.2) is 11.5 Å². The van der Waals surface area contributed by atoms with Gasteiger partial charge in [0.15, 0.2) is 0 Å². The molecule has 70 valence electrons. The Hall–Kier alpha value is -1.29. The van der Waals surface area contributed by atoms with E-state index in [4.69, 9.17) is 11.6 Å². The molecule has 1 aromatic rings. The molecule has 0 aliphatic rings. The molecule has 0 saturated carbocycles. The second-order valence-corrected chi connectivity index (χ2v) is 2.92. The summed E-state index contributed by atoms with van der Waals surface area (Å²) in [6, 6.07) is 4.43. The van der Waals surface area contributed by atoms with Gasteiger partial charge < -0.3 is 5.32 Å². The third-order valence-electron chi connectivity index (χ3n) is 1.47. The summed E-state index contributed by atoms with van der Waals surface area (Å²) in [4.78, 5) is 9.96. The van der Waals surface area contributed by atoms with Gasteiger partial charge in [-0.1, -0.05) is 11.6 Å². The van der Waals surface area contributed by atoms with E-state index in [1.54, 1.807) is 6.07 Å². The van der Waals surface area contributed by atoms with E-state index >= 15 is 0 Å². The number of nitrogens with zero attached hydrogens (tertiary/aromatic N) is 1. The Labute approximate surface area is 80.7 Å². The van der Waals surface area contributed by atoms with Crippen LogP contribution >= 0.6 is 11.6 Å². The van der Waals surface area contributed by atoms with E-state index in [1.807, 2.05) is 6.92 Å². The molecule has 0 bridgehead atoms. The highest BCUT2D eigenvalue weighted by Gasteiger charge is 2.07. The molecule has 0 atom stereocenters. The zero-order valence-electron chi connectivity index (χ0n) is 7.08. The molecular weight excluding hydrogens is 192 g/mol. The van der Waals surface area contributed by atoms with Crippen molar-refractivity contribution < 1.29 is 4.92 Å². The Kier molecular flexibility index (Phi) is 3.08. The zero-order valence-corrected chi connectivity index (χ0v) is 7.84. The van der Waals surface area contributed by atoms with E-state index in [0.717, 1.165) is 0 Å². The fourth-order valence-electron chi connectivity index (χ4n) is 0.986. The first-order valence-corrected chi connectivity index (χ1v) is 4.20. The predicted octanol–water partition coefficient (Wildman–Crippen LogP) is 2.68. The predicted molar refractivity (Wildman–Crippen MR) is 52.3 cm³/mol. The van der Waals surface area contributed by atoms with Crippen molar-refractivity contribution in [3.05, 3.63) is 33.3 Å². The number of hydrogen-bond acceptors (Lipinski definition) is 3. The zero-order chi connectivity index (χ0) is 9.84. The van der Waals surface area contributed by atoms with Crippen LogP contribution in [0.1, 0.15) is 6.92 Å². The van der Waals surface area contributed by atoms with Crippen molar-refractivity contribution in [1.82, 2.24) is 0 Å². The standard InChI is InChI=1S/C8H9ClN2O2/c1-2-10-7-3-6(9)4-8(5-7)11(12)13/h3-5,10H,2H2,1H3. The first kappa shape index (κ1) is 9.80. The van der Waals surface area contributed by atoms with Crippen LogP contribution in [0.4, 0.5) is 11.4 Å². The minimum atomic E-state index is -0.466. The van der Waals surface area contributed by atoms with Crippen LogP contribution in [0.15, 0.2) is 18.2 Å². The van der Waals surface area contributed by atoms with Crippen LogP contribution in [0.5, 0.6) is 0 Å². The van der Waals surface area contributed by atoms with Crippen LogP contribution in [0.2, 0.25) is 5.02 Å². The summed E-state index contributed by atoms with van der Waals surface area (Å²) in [6.07, 6.45) is 0. The van der Waals surface area contributed by atoms with Crippen LogP contribution in [0.3, 0.4) is 0 Å². The quantitative estimate of drug-likeness (QED) is 0.603. The monoisotopic (exact) mass is 200 g/mol. The van der Waals surface area contributed by atoms with Crippen molar-refractivity contribution in [3.8, 4) is 0 Å². The molecule has 5 heteroatoms. The van der Waals surface area contributed by atoms with Gasteiger partial charge in [0.1, 0.15) is 0 Å². The van der Waals surface area contributed by atoms with E-state index in [-0.39, 0.29) is 5.69 Å². The van der Waals surface area contributed by atoms with Crippen molar-refractivity contribution in [1.29, 1.82) is 0 Å². The molecule has 0 heterocycles. The Morgan fingerprint density at radius 1 is 1.54 bits per heavy atom. The van der Waals surface area contributed by atoms with Crippen molar-refractivity contribution in [2.24, 2.45) is 0 Å². The fraction of sp³-hybridized carbons (Fsp3) is 0.250. The summed E-state index contributed by atoms with van der Waals surface area (Å²) in [7, 11) is 0. The lowest BCUT2D eigenvalue weighted by atomic mass is 10.3. The van der Waals surface area contributed by atoms with E-state index < -0.39 is 4.92 Å². The van der Waals surface area contributed by atoms with Crippen LogP contribution in [0, 0.1) is 10.1 Å². The number of benzene rings is 1. The van der Waals surface area contributed by atoms with Gasteiger partial charge in [-0.05, 0) is 13.0 Å². The van der Waals surface area contributed by atoms with Gasteiger partial charge in [0, 0.05) is 29.4 Å². The van der Waals surface area contributed by atoms with Gasteiger partial charge in [-0.2, -0.15) is 0 Å². The third kappa shape index (κ3) is 2.59. The van der Waals surface area contributed by atoms with Gasteiger partial charge in [0.2, 0.25) is 0 Å². The molecule has 1 aromatic carbocycles. The van der Waals surface area contributed by atoms with Gasteiger partial charge >= 0.3 is 0 Å². The summed E-state index contributed by atoms with van der Waals surface area (Å²) >= 11 is 5.69. The lowest BCUT2D eigenvalue weighted by Gasteiger charge is -2.02. The van der Waals surface area contributed by atoms with Crippen molar-refractivity contribution in [2.75, 3.05) is 11.9 Å². The number of anilines is 1. The summed E-state index contributed by atoms with van der Waals surface area (Å²) < 4.78 is 0. The molecule has 0 aromatic heterocycles. The summed E-state index contributed by atoms with van der Waals surface area (Å²) in [5, 5.41) is 13.7. The summed E-state index contributed by atoms with van der Waals surface area (Å²) in [5.41, 5.74) is 0.671. The molecule has 1 N–H and O–H groups in total. The highest BCUT2D eigenvalue weighted by atomic mass is 35.5. The lowest BCUT2D eigenvalue weighted by molar-refractivity contribution is -0.384. The molecule has 0 amide bonds. The van der Waals surface area contributed by atoms with Crippen molar-refractivity contribution >= 4 is 23.0 Å². The molecule has 4 nitrogen and oxygen atoms in total. The average Bonchev–Trinajstić information content (AvgIpc) is 2.03. The number of nitro benzene ring substituents is 1. The number of nitrogens with one attached hydrogen (secondary N) is 1. The highest BCUT2D eigenvalue weighted by Crippen LogP contribution is 2.23. The molecule has 0 unspecified atom stereocenters. The molecule has 1 rings (SSSR count). The molecular formula is C8H9ClN2O2. The minimum Gasteiger partial charge on any atom is -0.385 e. The van der Waals surface area contributed by atoms with E-state index in [1.165, 1.54) is 12.1 Å². The maximum Gasteiger partial charge on any atom is 0.272 e. The van der Waals surface area contributed by atoms with E-state index in [0.29, 0.717) is 17.3 Å². The van der Waals surface area contributed by atoms with Gasteiger partial charge in [-0.15, -0.1) is 0 Å². The number of nitro groups is 1. The first-order valence-electron chi connectivity index (χ1n) is 3.82. The second kappa shape index (κ2) is 4.09. The number of hydrogen-bond donors (Lipinski definition) is 1. The molecule has 13 heavy (non-hydrogen) atoms. The maximum atomic E-state index is 10.4. The fourth-order valence-corrected chi connectivity index (χ4v) is 1.22.